The summed E-state index contributed by atoms with van der Waals surface area (Å²) in [4.78, 5) is 11.8. The molecule has 0 saturated carbocycles. The van der Waals surface area contributed by atoms with Gasteiger partial charge in [0.05, 0.1) is 11.8 Å². The Balaban J connectivity index is 2.09. The number of benzene rings is 2. The maximum absolute atomic E-state index is 11.8. The van der Waals surface area contributed by atoms with Crippen LogP contribution < -0.4 is 11.2 Å². The Hall–Kier alpha value is -3.02. The number of para-hydroxylation sites is 2. The largest absolute Gasteiger partial charge is 0.504 e. The molecule has 0 spiro atoms. The van der Waals surface area contributed by atoms with Gasteiger partial charge in [-0.05, 0) is 24.3 Å². The first-order chi connectivity index (χ1) is 9.59. The highest BCUT2D eigenvalue weighted by Crippen LogP contribution is 2.26. The predicted octanol–water partition coefficient (Wildman–Crippen LogP) is 1.44. The van der Waals surface area contributed by atoms with E-state index < -0.39 is 5.91 Å². The topological polar surface area (TPSA) is 108 Å². The second kappa shape index (κ2) is 5.75. The van der Waals surface area contributed by atoms with Crippen molar-refractivity contribution in [3.05, 3.63) is 53.6 Å². The van der Waals surface area contributed by atoms with E-state index in [0.29, 0.717) is 11.3 Å². The molecule has 0 aromatic heterocycles. The number of phenolic OH excluding ortho intramolecular Hbond substituents is 2. The summed E-state index contributed by atoms with van der Waals surface area (Å²) in [6.07, 6.45) is 1.23. The molecule has 0 atom stereocenters. The number of hydrogen-bond acceptors (Lipinski definition) is 5. The van der Waals surface area contributed by atoms with Crippen LogP contribution in [0, 0.1) is 0 Å². The number of carbonyl (C=O) groups is 1. The molecule has 0 unspecified atom stereocenters. The van der Waals surface area contributed by atoms with Gasteiger partial charge in [0.1, 0.15) is 0 Å². The summed E-state index contributed by atoms with van der Waals surface area (Å²) in [6.45, 7) is 0. The second-order valence-electron chi connectivity index (χ2n) is 4.00. The third kappa shape index (κ3) is 2.86. The van der Waals surface area contributed by atoms with Crippen molar-refractivity contribution in [3.63, 3.8) is 0 Å². The molecule has 20 heavy (non-hydrogen) atoms. The molecule has 0 radical (unpaired) electrons. The van der Waals surface area contributed by atoms with E-state index in [1.807, 2.05) is 0 Å². The molecule has 102 valence electrons. The number of phenols is 2. The van der Waals surface area contributed by atoms with Gasteiger partial charge in [-0.1, -0.05) is 18.2 Å². The van der Waals surface area contributed by atoms with Crippen LogP contribution in [0.25, 0.3) is 0 Å². The maximum atomic E-state index is 11.8. The minimum atomic E-state index is -0.459. The van der Waals surface area contributed by atoms with Gasteiger partial charge in [-0.15, -0.1) is 0 Å². The summed E-state index contributed by atoms with van der Waals surface area (Å²) < 4.78 is 0. The fourth-order valence-electron chi connectivity index (χ4n) is 1.58. The van der Waals surface area contributed by atoms with Crippen molar-refractivity contribution >= 4 is 17.8 Å². The Morgan fingerprint density at radius 1 is 1.15 bits per heavy atom. The van der Waals surface area contributed by atoms with Crippen LogP contribution in [-0.2, 0) is 0 Å². The molecule has 0 aliphatic heterocycles. The van der Waals surface area contributed by atoms with Gasteiger partial charge in [0.15, 0.2) is 11.5 Å². The normalized spacial score (nSPS) is 10.6. The zero-order valence-corrected chi connectivity index (χ0v) is 10.4. The fourth-order valence-corrected chi connectivity index (χ4v) is 1.58. The number of nitrogen functional groups attached to an aromatic ring is 1. The van der Waals surface area contributed by atoms with Crippen LogP contribution in [0.15, 0.2) is 47.6 Å². The molecule has 6 nitrogen and oxygen atoms in total. The van der Waals surface area contributed by atoms with Crippen LogP contribution in [-0.4, -0.2) is 22.3 Å². The lowest BCUT2D eigenvalue weighted by atomic mass is 10.2. The summed E-state index contributed by atoms with van der Waals surface area (Å²) in [5, 5.41) is 22.6. The third-order valence-electron chi connectivity index (χ3n) is 2.62. The van der Waals surface area contributed by atoms with Crippen molar-refractivity contribution in [1.82, 2.24) is 5.43 Å². The van der Waals surface area contributed by atoms with Crippen molar-refractivity contribution in [2.75, 3.05) is 5.73 Å². The molecule has 1 amide bonds. The number of anilines is 1. The van der Waals surface area contributed by atoms with Crippen molar-refractivity contribution < 1.29 is 15.0 Å². The number of hydrogen-bond donors (Lipinski definition) is 4. The van der Waals surface area contributed by atoms with Crippen molar-refractivity contribution in [1.29, 1.82) is 0 Å². The van der Waals surface area contributed by atoms with Gasteiger partial charge in [0.2, 0.25) is 0 Å². The van der Waals surface area contributed by atoms with Crippen molar-refractivity contribution in [3.8, 4) is 11.5 Å². The fraction of sp³-hybridized carbons (Fsp3) is 0. The number of carbonyl (C=O) groups excluding carboxylic acids is 1. The Kier molecular flexibility index (Phi) is 3.85. The summed E-state index contributed by atoms with van der Waals surface area (Å²) in [7, 11) is 0. The minimum Gasteiger partial charge on any atom is -0.504 e. The Morgan fingerprint density at radius 2 is 1.90 bits per heavy atom. The number of amides is 1. The summed E-state index contributed by atoms with van der Waals surface area (Å²) >= 11 is 0. The van der Waals surface area contributed by atoms with Crippen LogP contribution in [0.5, 0.6) is 11.5 Å². The molecule has 0 aliphatic carbocycles. The molecule has 6 heteroatoms. The van der Waals surface area contributed by atoms with Gasteiger partial charge in [-0.25, -0.2) is 5.43 Å². The average molecular weight is 271 g/mol. The predicted molar refractivity (Wildman–Crippen MR) is 75.7 cm³/mol. The van der Waals surface area contributed by atoms with Gasteiger partial charge < -0.3 is 15.9 Å². The highest BCUT2D eigenvalue weighted by atomic mass is 16.3. The smallest absolute Gasteiger partial charge is 0.273 e. The lowest BCUT2D eigenvalue weighted by Gasteiger charge is -2.03. The Morgan fingerprint density at radius 3 is 2.65 bits per heavy atom. The molecule has 0 heterocycles. The lowest BCUT2D eigenvalue weighted by molar-refractivity contribution is 0.0956. The van der Waals surface area contributed by atoms with E-state index in [0.717, 1.165) is 0 Å². The first-order valence-corrected chi connectivity index (χ1v) is 5.78. The SMILES string of the molecule is Nc1ccccc1C(=O)N/N=C/c1cccc(O)c1O. The van der Waals surface area contributed by atoms with Crippen LogP contribution in [0.3, 0.4) is 0 Å². The van der Waals surface area contributed by atoms with E-state index >= 15 is 0 Å². The maximum Gasteiger partial charge on any atom is 0.273 e. The van der Waals surface area contributed by atoms with Crippen LogP contribution in [0.1, 0.15) is 15.9 Å². The number of rotatable bonds is 3. The number of hydrazone groups is 1. The van der Waals surface area contributed by atoms with E-state index in [1.165, 1.54) is 12.3 Å². The highest BCUT2D eigenvalue weighted by molar-refractivity contribution is 5.99. The molecule has 5 N–H and O–H groups in total. The standard InChI is InChI=1S/C14H13N3O3/c15-11-6-2-1-5-10(11)14(20)17-16-8-9-4-3-7-12(18)13(9)19/h1-8,18-19H,15H2,(H,17,20)/b16-8+. The average Bonchev–Trinajstić information content (AvgIpc) is 2.44. The van der Waals surface area contributed by atoms with E-state index in [-0.39, 0.29) is 17.1 Å². The van der Waals surface area contributed by atoms with Crippen LogP contribution in [0.4, 0.5) is 5.69 Å². The van der Waals surface area contributed by atoms with Crippen molar-refractivity contribution in [2.45, 2.75) is 0 Å². The number of nitrogens with zero attached hydrogens (tertiary/aromatic N) is 1. The zero-order chi connectivity index (χ0) is 14.5. The van der Waals surface area contributed by atoms with E-state index in [2.05, 4.69) is 10.5 Å². The quantitative estimate of drug-likeness (QED) is 0.293. The molecular weight excluding hydrogens is 258 g/mol. The number of nitrogens with two attached hydrogens (primary N) is 1. The molecule has 2 rings (SSSR count). The molecule has 0 fully saturated rings. The molecule has 0 saturated heterocycles. The van der Waals surface area contributed by atoms with Gasteiger partial charge >= 0.3 is 0 Å². The van der Waals surface area contributed by atoms with E-state index in [9.17, 15) is 15.0 Å². The van der Waals surface area contributed by atoms with Crippen LogP contribution >= 0.6 is 0 Å². The van der Waals surface area contributed by atoms with Gasteiger partial charge in [0, 0.05) is 11.3 Å². The monoisotopic (exact) mass is 271 g/mol. The highest BCUT2D eigenvalue weighted by Gasteiger charge is 2.07. The lowest BCUT2D eigenvalue weighted by Crippen LogP contribution is -2.19. The van der Waals surface area contributed by atoms with Gasteiger partial charge in [-0.2, -0.15) is 5.10 Å². The summed E-state index contributed by atoms with van der Waals surface area (Å²) in [5.74, 6) is -1.02. The Bertz CT molecular complexity index is 668. The Labute approximate surface area is 115 Å². The van der Waals surface area contributed by atoms with Gasteiger partial charge in [-0.3, -0.25) is 4.79 Å². The zero-order valence-electron chi connectivity index (χ0n) is 10.4. The van der Waals surface area contributed by atoms with E-state index in [4.69, 9.17) is 5.73 Å². The van der Waals surface area contributed by atoms with E-state index in [1.54, 1.807) is 36.4 Å². The molecule has 2 aromatic rings. The van der Waals surface area contributed by atoms with Crippen LogP contribution in [0.2, 0.25) is 0 Å². The molecular formula is C14H13N3O3. The number of aromatic hydroxyl groups is 2. The summed E-state index contributed by atoms with van der Waals surface area (Å²) in [5.41, 5.74) is 8.90. The van der Waals surface area contributed by atoms with Gasteiger partial charge in [0.25, 0.3) is 5.91 Å². The first kappa shape index (κ1) is 13.4. The third-order valence-corrected chi connectivity index (χ3v) is 2.62. The molecule has 0 aliphatic rings. The first-order valence-electron chi connectivity index (χ1n) is 5.78. The molecule has 0 bridgehead atoms. The number of nitrogens with one attached hydrogen (secondary N) is 1. The van der Waals surface area contributed by atoms with Crippen molar-refractivity contribution in [2.24, 2.45) is 5.10 Å². The minimum absolute atomic E-state index is 0.257. The summed E-state index contributed by atoms with van der Waals surface area (Å²) in [6, 6.07) is 11.0. The second-order valence-corrected chi connectivity index (χ2v) is 4.00. The molecule has 2 aromatic carbocycles.